The smallest absolute Gasteiger partial charge is 0.251 e. The first-order chi connectivity index (χ1) is 19.4. The number of phenolic OH excluding ortho intramolecular Hbond substituents is 1. The highest BCUT2D eigenvalue weighted by Gasteiger charge is 2.49. The molecule has 0 radical (unpaired) electrons. The van der Waals surface area contributed by atoms with E-state index in [0.29, 0.717) is 46.2 Å². The molecule has 3 aliphatic rings. The van der Waals surface area contributed by atoms with Crippen LogP contribution in [0, 0.1) is 24.0 Å². The zero-order chi connectivity index (χ0) is 27.6. The standard InChI is InChI=1S/C31H27F3N4O2/c1-2-21-25(33)6-5-18-11-20(39)12-23(27(18)21)26-13-22-24(29(36-26)37-8-4-9-37)15-35-30(28(22)34)40-17-31-7-3-10-38(31)16-19(32)14-31/h1,5-6,11-13,15,19,39H,3-4,7-10,14,16-17H2/t19?,31-/m0/s1. The SMILES string of the molecule is C#Cc1c(F)ccc2cc(O)cc(-c3cc4c(F)c(OC[C@@]56CCCN5CC(F)C6)ncc4c(N4CCC4)n3)c12. The van der Waals surface area contributed by atoms with Crippen LogP contribution in [0.1, 0.15) is 31.2 Å². The number of halogens is 3. The maximum atomic E-state index is 16.2. The van der Waals surface area contributed by atoms with Gasteiger partial charge in [-0.1, -0.05) is 12.0 Å². The summed E-state index contributed by atoms with van der Waals surface area (Å²) in [7, 11) is 0. The van der Waals surface area contributed by atoms with Crippen LogP contribution >= 0.6 is 0 Å². The van der Waals surface area contributed by atoms with E-state index in [1.165, 1.54) is 18.2 Å². The topological polar surface area (TPSA) is 61.7 Å². The van der Waals surface area contributed by atoms with E-state index in [4.69, 9.17) is 16.1 Å². The van der Waals surface area contributed by atoms with Crippen LogP contribution < -0.4 is 9.64 Å². The Balaban J connectivity index is 1.37. The quantitative estimate of drug-likeness (QED) is 0.331. The number of alkyl halides is 1. The van der Waals surface area contributed by atoms with Gasteiger partial charge in [-0.25, -0.2) is 23.1 Å². The third-order valence-corrected chi connectivity index (χ3v) is 8.64. The normalized spacial score (nSPS) is 22.4. The molecule has 0 spiro atoms. The largest absolute Gasteiger partial charge is 0.508 e. The maximum Gasteiger partial charge on any atom is 0.251 e. The van der Waals surface area contributed by atoms with Gasteiger partial charge in [0.05, 0.1) is 16.8 Å². The van der Waals surface area contributed by atoms with Gasteiger partial charge in [0.1, 0.15) is 30.2 Å². The summed E-state index contributed by atoms with van der Waals surface area (Å²) in [4.78, 5) is 13.3. The van der Waals surface area contributed by atoms with Gasteiger partial charge in [0, 0.05) is 54.0 Å². The second kappa shape index (κ2) is 9.27. The summed E-state index contributed by atoms with van der Waals surface area (Å²) in [5.74, 6) is 1.55. The van der Waals surface area contributed by atoms with Crippen LogP contribution in [0.4, 0.5) is 19.0 Å². The van der Waals surface area contributed by atoms with Gasteiger partial charge in [-0.05, 0) is 55.5 Å². The Morgan fingerprint density at radius 2 is 1.98 bits per heavy atom. The maximum absolute atomic E-state index is 16.2. The number of terminal acetylenes is 1. The monoisotopic (exact) mass is 544 g/mol. The third kappa shape index (κ3) is 3.85. The van der Waals surface area contributed by atoms with Crippen LogP contribution in [-0.2, 0) is 0 Å². The van der Waals surface area contributed by atoms with Crippen molar-refractivity contribution in [3.05, 3.63) is 53.7 Å². The summed E-state index contributed by atoms with van der Waals surface area (Å²) in [6, 6.07) is 7.34. The van der Waals surface area contributed by atoms with E-state index < -0.39 is 23.3 Å². The van der Waals surface area contributed by atoms with E-state index >= 15 is 4.39 Å². The number of pyridine rings is 2. The number of anilines is 1. The van der Waals surface area contributed by atoms with Gasteiger partial charge in [-0.2, -0.15) is 0 Å². The lowest BCUT2D eigenvalue weighted by Crippen LogP contribution is -2.43. The number of fused-ring (bicyclic) bond motifs is 3. The first-order valence-corrected chi connectivity index (χ1v) is 13.6. The molecule has 0 amide bonds. The van der Waals surface area contributed by atoms with Crippen LogP contribution in [0.5, 0.6) is 11.6 Å². The average molecular weight is 545 g/mol. The number of aromatic hydroxyl groups is 1. The molecule has 0 bridgehead atoms. The van der Waals surface area contributed by atoms with Gasteiger partial charge in [0.25, 0.3) is 5.88 Å². The van der Waals surface area contributed by atoms with Gasteiger partial charge in [-0.3, -0.25) is 4.90 Å². The molecule has 204 valence electrons. The number of aromatic nitrogens is 2. The Morgan fingerprint density at radius 3 is 2.75 bits per heavy atom. The highest BCUT2D eigenvalue weighted by atomic mass is 19.1. The average Bonchev–Trinajstić information content (AvgIpc) is 3.42. The minimum atomic E-state index is -0.916. The van der Waals surface area contributed by atoms with Crippen molar-refractivity contribution >= 4 is 27.4 Å². The van der Waals surface area contributed by atoms with Crippen molar-refractivity contribution in [1.29, 1.82) is 0 Å². The molecule has 6 nitrogen and oxygen atoms in total. The van der Waals surface area contributed by atoms with Crippen molar-refractivity contribution in [2.45, 2.75) is 37.4 Å². The van der Waals surface area contributed by atoms with Gasteiger partial charge < -0.3 is 14.7 Å². The molecule has 40 heavy (non-hydrogen) atoms. The van der Waals surface area contributed by atoms with Crippen molar-refractivity contribution in [2.75, 3.05) is 37.7 Å². The highest BCUT2D eigenvalue weighted by molar-refractivity contribution is 6.04. The zero-order valence-electron chi connectivity index (χ0n) is 21.8. The molecule has 4 aromatic rings. The fourth-order valence-corrected chi connectivity index (χ4v) is 6.57. The summed E-state index contributed by atoms with van der Waals surface area (Å²) in [6.07, 6.45) is 9.42. The van der Waals surface area contributed by atoms with Gasteiger partial charge >= 0.3 is 0 Å². The predicted molar refractivity (Wildman–Crippen MR) is 147 cm³/mol. The lowest BCUT2D eigenvalue weighted by molar-refractivity contribution is 0.108. The van der Waals surface area contributed by atoms with Gasteiger partial charge in [-0.15, -0.1) is 6.42 Å². The zero-order valence-corrected chi connectivity index (χ0v) is 21.8. The van der Waals surface area contributed by atoms with Gasteiger partial charge in [0.2, 0.25) is 0 Å². The molecule has 5 heterocycles. The molecular weight excluding hydrogens is 517 g/mol. The Kier molecular flexibility index (Phi) is 5.79. The molecule has 3 saturated heterocycles. The van der Waals surface area contributed by atoms with E-state index in [9.17, 15) is 13.9 Å². The summed E-state index contributed by atoms with van der Waals surface area (Å²) in [5, 5.41) is 12.2. The Bertz CT molecular complexity index is 1720. The number of ether oxygens (including phenoxy) is 1. The summed E-state index contributed by atoms with van der Waals surface area (Å²) in [5.41, 5.74) is 0.336. The summed E-state index contributed by atoms with van der Waals surface area (Å²) < 4.78 is 51.1. The Labute approximate surface area is 229 Å². The molecular formula is C31H27F3N4O2. The molecule has 1 N–H and O–H groups in total. The molecule has 3 fully saturated rings. The van der Waals surface area contributed by atoms with E-state index in [1.807, 2.05) is 4.90 Å². The van der Waals surface area contributed by atoms with Crippen molar-refractivity contribution in [3.8, 4) is 35.2 Å². The van der Waals surface area contributed by atoms with Crippen LogP contribution in [0.15, 0.2) is 36.5 Å². The number of hydrogen-bond donors (Lipinski definition) is 1. The summed E-state index contributed by atoms with van der Waals surface area (Å²) in [6.45, 7) is 2.84. The number of phenols is 1. The highest BCUT2D eigenvalue weighted by Crippen LogP contribution is 2.42. The first kappa shape index (κ1) is 25.0. The number of hydrogen-bond acceptors (Lipinski definition) is 6. The van der Waals surface area contributed by atoms with Crippen LogP contribution in [0.25, 0.3) is 32.8 Å². The molecule has 0 aliphatic carbocycles. The van der Waals surface area contributed by atoms with Crippen LogP contribution in [-0.4, -0.2) is 64.5 Å². The Hall–Kier alpha value is -4.03. The minimum Gasteiger partial charge on any atom is -0.508 e. The fourth-order valence-electron chi connectivity index (χ4n) is 6.57. The van der Waals surface area contributed by atoms with Crippen molar-refractivity contribution in [2.24, 2.45) is 0 Å². The lowest BCUT2D eigenvalue weighted by atomic mass is 9.95. The molecule has 2 aromatic heterocycles. The number of benzene rings is 2. The first-order valence-electron chi connectivity index (χ1n) is 13.6. The molecule has 1 unspecified atom stereocenters. The minimum absolute atomic E-state index is 0.0437. The van der Waals surface area contributed by atoms with Gasteiger partial charge in [0.15, 0.2) is 5.82 Å². The Morgan fingerprint density at radius 1 is 1.12 bits per heavy atom. The molecule has 2 aromatic carbocycles. The van der Waals surface area contributed by atoms with Crippen molar-refractivity contribution < 1.29 is 23.0 Å². The molecule has 0 saturated carbocycles. The van der Waals surface area contributed by atoms with E-state index in [2.05, 4.69) is 15.8 Å². The van der Waals surface area contributed by atoms with Crippen molar-refractivity contribution in [3.63, 3.8) is 0 Å². The predicted octanol–water partition coefficient (Wildman–Crippen LogP) is 5.58. The van der Waals surface area contributed by atoms with Crippen LogP contribution in [0.2, 0.25) is 0 Å². The number of rotatable bonds is 5. The fraction of sp³-hybridized carbons (Fsp3) is 0.355. The van der Waals surface area contributed by atoms with Crippen molar-refractivity contribution in [1.82, 2.24) is 14.9 Å². The van der Waals surface area contributed by atoms with Crippen LogP contribution in [0.3, 0.4) is 0 Å². The second-order valence-electron chi connectivity index (χ2n) is 11.0. The molecule has 2 atom stereocenters. The van der Waals surface area contributed by atoms with E-state index in [0.717, 1.165) is 38.9 Å². The molecule has 7 rings (SSSR count). The lowest BCUT2D eigenvalue weighted by Gasteiger charge is -2.33. The van der Waals surface area contributed by atoms with E-state index in [-0.39, 0.29) is 29.2 Å². The third-order valence-electron chi connectivity index (χ3n) is 8.64. The molecule has 9 heteroatoms. The number of nitrogens with zero attached hydrogens (tertiary/aromatic N) is 4. The molecule has 3 aliphatic heterocycles. The van der Waals surface area contributed by atoms with E-state index in [1.54, 1.807) is 18.3 Å². The summed E-state index contributed by atoms with van der Waals surface area (Å²) >= 11 is 0. The second-order valence-corrected chi connectivity index (χ2v) is 11.0.